The standard InChI is InChI=1S/C56H50N2/c1-35-15-25-49-51(27-35)53-33-56(58(47-23-19-39-9-5-13-43(39)31-47)48-24-20-40-10-6-14-44(40)32-48)50-26-16-36(2)28-52(50)54(53)34-55(49)57(45-21-17-37-7-3-11-41(37)29-45)46-22-18-38-8-4-12-42(38)30-46/h15-34H,3-14H2,1-2H3. The summed E-state index contributed by atoms with van der Waals surface area (Å²) in [6, 6.07) is 48.5. The van der Waals surface area contributed by atoms with E-state index in [-0.39, 0.29) is 0 Å². The van der Waals surface area contributed by atoms with Crippen molar-refractivity contribution >= 4 is 66.4 Å². The lowest BCUT2D eigenvalue weighted by Gasteiger charge is -2.31. The number of anilines is 6. The molecule has 0 fully saturated rings. The normalized spacial score (nSPS) is 15.3. The third-order valence-corrected chi connectivity index (χ3v) is 14.2. The van der Waals surface area contributed by atoms with Gasteiger partial charge in [-0.1, -0.05) is 71.8 Å². The molecule has 2 heteroatoms. The average molecular weight is 751 g/mol. The van der Waals surface area contributed by atoms with Gasteiger partial charge in [0.1, 0.15) is 0 Å². The Kier molecular flexibility index (Phi) is 7.87. The molecule has 0 N–H and O–H groups in total. The maximum Gasteiger partial charge on any atom is 0.0546 e. The van der Waals surface area contributed by atoms with Crippen LogP contribution in [0.15, 0.2) is 121 Å². The number of rotatable bonds is 6. The highest BCUT2D eigenvalue weighted by Crippen LogP contribution is 2.49. The molecule has 8 aromatic rings. The maximum atomic E-state index is 2.59. The Labute approximate surface area is 342 Å². The number of benzene rings is 8. The molecule has 4 aliphatic rings. The Bertz CT molecular complexity index is 2680. The van der Waals surface area contributed by atoms with Crippen LogP contribution in [-0.4, -0.2) is 0 Å². The van der Waals surface area contributed by atoms with Crippen LogP contribution in [0.25, 0.3) is 32.3 Å². The lowest BCUT2D eigenvalue weighted by atomic mass is 9.91. The van der Waals surface area contributed by atoms with E-state index in [1.165, 1.54) is 173 Å². The van der Waals surface area contributed by atoms with Crippen molar-refractivity contribution in [2.24, 2.45) is 0 Å². The summed E-state index contributed by atoms with van der Waals surface area (Å²) in [5, 5.41) is 7.83. The largest absolute Gasteiger partial charge is 0.310 e. The Morgan fingerprint density at radius 3 is 0.897 bits per heavy atom. The van der Waals surface area contributed by atoms with Gasteiger partial charge in [-0.25, -0.2) is 0 Å². The second-order valence-electron chi connectivity index (χ2n) is 17.9. The second-order valence-corrected chi connectivity index (χ2v) is 17.9. The molecule has 4 aliphatic carbocycles. The number of hydrogen-bond acceptors (Lipinski definition) is 2. The van der Waals surface area contributed by atoms with Crippen LogP contribution in [0.3, 0.4) is 0 Å². The Balaban J connectivity index is 1.15. The van der Waals surface area contributed by atoms with Gasteiger partial charge in [-0.15, -0.1) is 0 Å². The minimum Gasteiger partial charge on any atom is -0.310 e. The summed E-state index contributed by atoms with van der Waals surface area (Å²) in [5.41, 5.74) is 22.2. The first-order chi connectivity index (χ1) is 28.5. The van der Waals surface area contributed by atoms with E-state index in [0.717, 1.165) is 25.7 Å². The molecule has 8 aromatic carbocycles. The van der Waals surface area contributed by atoms with Gasteiger partial charge in [0, 0.05) is 33.5 Å². The molecule has 0 amide bonds. The number of nitrogens with zero attached hydrogens (tertiary/aromatic N) is 2. The molecule has 0 atom stereocenters. The monoisotopic (exact) mass is 750 g/mol. The number of aryl methyl sites for hydroxylation is 10. The van der Waals surface area contributed by atoms with Gasteiger partial charge in [-0.3, -0.25) is 0 Å². The molecule has 12 rings (SSSR count). The minimum absolute atomic E-state index is 1.16. The van der Waals surface area contributed by atoms with E-state index in [0.29, 0.717) is 0 Å². The van der Waals surface area contributed by atoms with Gasteiger partial charge < -0.3 is 9.80 Å². The van der Waals surface area contributed by atoms with Crippen LogP contribution in [-0.2, 0) is 51.4 Å². The summed E-state index contributed by atoms with van der Waals surface area (Å²) in [5.74, 6) is 0. The van der Waals surface area contributed by atoms with E-state index in [9.17, 15) is 0 Å². The quantitative estimate of drug-likeness (QED) is 0.156. The van der Waals surface area contributed by atoms with Crippen molar-refractivity contribution in [1.29, 1.82) is 0 Å². The maximum absolute atomic E-state index is 2.59. The third kappa shape index (κ3) is 5.52. The first kappa shape index (κ1) is 34.2. The van der Waals surface area contributed by atoms with Crippen molar-refractivity contribution in [2.75, 3.05) is 9.80 Å². The Morgan fingerprint density at radius 1 is 0.276 bits per heavy atom. The first-order valence-electron chi connectivity index (χ1n) is 22.0. The van der Waals surface area contributed by atoms with Gasteiger partial charge in [0.25, 0.3) is 0 Å². The zero-order valence-electron chi connectivity index (χ0n) is 33.9. The minimum atomic E-state index is 1.16. The van der Waals surface area contributed by atoms with Gasteiger partial charge >= 0.3 is 0 Å². The highest BCUT2D eigenvalue weighted by Gasteiger charge is 2.26. The van der Waals surface area contributed by atoms with Crippen LogP contribution < -0.4 is 9.80 Å². The van der Waals surface area contributed by atoms with Crippen molar-refractivity contribution in [2.45, 2.75) is 90.9 Å². The van der Waals surface area contributed by atoms with Crippen molar-refractivity contribution < 1.29 is 0 Å². The molecular weight excluding hydrogens is 701 g/mol. The molecule has 0 spiro atoms. The SMILES string of the molecule is Cc1ccc2c(N(c3ccc4c(c3)CCC4)c3ccc4c(c3)CCC4)cc3c4cc(C)ccc4c(N(c4ccc5c(c4)CCC5)c4ccc5c(c4)CCC5)cc3c2c1. The fourth-order valence-corrected chi connectivity index (χ4v) is 11.3. The van der Waals surface area contributed by atoms with Crippen LogP contribution in [0.1, 0.15) is 81.3 Å². The molecule has 0 aromatic heterocycles. The molecular formula is C56H50N2. The third-order valence-electron chi connectivity index (χ3n) is 14.2. The first-order valence-corrected chi connectivity index (χ1v) is 22.0. The predicted molar refractivity (Wildman–Crippen MR) is 246 cm³/mol. The van der Waals surface area contributed by atoms with E-state index >= 15 is 0 Å². The Morgan fingerprint density at radius 2 is 0.569 bits per heavy atom. The van der Waals surface area contributed by atoms with E-state index in [2.05, 4.69) is 145 Å². The molecule has 0 saturated carbocycles. The highest BCUT2D eigenvalue weighted by molar-refractivity contribution is 6.24. The molecule has 0 heterocycles. The van der Waals surface area contributed by atoms with Crippen LogP contribution >= 0.6 is 0 Å². The molecule has 284 valence electrons. The fraction of sp³-hybridized carbons (Fsp3) is 0.250. The summed E-state index contributed by atoms with van der Waals surface area (Å²) in [4.78, 5) is 5.18. The van der Waals surface area contributed by atoms with E-state index in [1.807, 2.05) is 0 Å². The zero-order valence-corrected chi connectivity index (χ0v) is 33.9. The smallest absolute Gasteiger partial charge is 0.0546 e. The van der Waals surface area contributed by atoms with E-state index in [4.69, 9.17) is 0 Å². The van der Waals surface area contributed by atoms with Gasteiger partial charge in [0.2, 0.25) is 0 Å². The zero-order chi connectivity index (χ0) is 38.5. The predicted octanol–water partition coefficient (Wildman–Crippen LogP) is 14.7. The van der Waals surface area contributed by atoms with Crippen LogP contribution in [0.2, 0.25) is 0 Å². The Hall–Kier alpha value is -5.86. The van der Waals surface area contributed by atoms with E-state index < -0.39 is 0 Å². The van der Waals surface area contributed by atoms with Crippen molar-refractivity contribution in [1.82, 2.24) is 0 Å². The molecule has 2 nitrogen and oxygen atoms in total. The topological polar surface area (TPSA) is 6.48 Å². The van der Waals surface area contributed by atoms with Crippen molar-refractivity contribution in [3.63, 3.8) is 0 Å². The van der Waals surface area contributed by atoms with Gasteiger partial charge in [-0.2, -0.15) is 0 Å². The average Bonchev–Trinajstić information content (AvgIpc) is 4.08. The summed E-state index contributed by atoms with van der Waals surface area (Å²) < 4.78 is 0. The lowest BCUT2D eigenvalue weighted by Crippen LogP contribution is -2.13. The van der Waals surface area contributed by atoms with Crippen molar-refractivity contribution in [3.8, 4) is 0 Å². The summed E-state index contributed by atoms with van der Waals surface area (Å²) in [6.07, 6.45) is 14.4. The fourth-order valence-electron chi connectivity index (χ4n) is 11.3. The van der Waals surface area contributed by atoms with Gasteiger partial charge in [0.05, 0.1) is 11.4 Å². The molecule has 0 unspecified atom stereocenters. The molecule has 0 aliphatic heterocycles. The van der Waals surface area contributed by atoms with Crippen LogP contribution in [0, 0.1) is 13.8 Å². The van der Waals surface area contributed by atoms with E-state index in [1.54, 1.807) is 0 Å². The molecule has 58 heavy (non-hydrogen) atoms. The van der Waals surface area contributed by atoms with Crippen LogP contribution in [0.4, 0.5) is 34.1 Å². The van der Waals surface area contributed by atoms with Crippen molar-refractivity contribution in [3.05, 3.63) is 177 Å². The molecule has 0 saturated heterocycles. The van der Waals surface area contributed by atoms with Crippen LogP contribution in [0.5, 0.6) is 0 Å². The summed E-state index contributed by atoms with van der Waals surface area (Å²) in [7, 11) is 0. The second kappa shape index (κ2) is 13.3. The lowest BCUT2D eigenvalue weighted by molar-refractivity contribution is 0.911. The summed E-state index contributed by atoms with van der Waals surface area (Å²) >= 11 is 0. The molecule has 0 bridgehead atoms. The summed E-state index contributed by atoms with van der Waals surface area (Å²) in [6.45, 7) is 4.51. The molecule has 0 radical (unpaired) electrons. The highest BCUT2D eigenvalue weighted by atomic mass is 15.2. The number of fused-ring (bicyclic) bond motifs is 9. The van der Waals surface area contributed by atoms with Gasteiger partial charge in [-0.05, 0) is 218 Å². The van der Waals surface area contributed by atoms with Gasteiger partial charge in [0.15, 0.2) is 0 Å². The number of hydrogen-bond donors (Lipinski definition) is 0.